The van der Waals surface area contributed by atoms with Gasteiger partial charge in [-0.25, -0.2) is 0 Å². The molecule has 0 saturated heterocycles. The third-order valence-electron chi connectivity index (χ3n) is 2.46. The zero-order valence-corrected chi connectivity index (χ0v) is 10.6. The number of nitrogens with one attached hydrogen (secondary N) is 1. The Balaban J connectivity index is 2.29. The van der Waals surface area contributed by atoms with Crippen molar-refractivity contribution in [3.05, 3.63) is 35.9 Å². The molecule has 1 unspecified atom stereocenters. The minimum absolute atomic E-state index is 0.127. The number of anilines is 1. The molecule has 4 nitrogen and oxygen atoms in total. The van der Waals surface area contributed by atoms with Gasteiger partial charge < -0.3 is 16.2 Å². The average molecular weight is 248 g/mol. The van der Waals surface area contributed by atoms with E-state index in [1.54, 1.807) is 25.1 Å². The molecule has 1 aromatic rings. The molecule has 0 bridgehead atoms. The first-order valence-corrected chi connectivity index (χ1v) is 6.07. The third kappa shape index (κ3) is 6.06. The molecule has 0 aliphatic rings. The molecule has 1 atom stereocenters. The summed E-state index contributed by atoms with van der Waals surface area (Å²) in [5.74, 6) is -0.127. The molecule has 1 rings (SSSR count). The van der Waals surface area contributed by atoms with Crippen LogP contribution in [0.4, 0.5) is 5.69 Å². The van der Waals surface area contributed by atoms with Crippen LogP contribution in [0.3, 0.4) is 0 Å². The van der Waals surface area contributed by atoms with Gasteiger partial charge in [0.15, 0.2) is 0 Å². The summed E-state index contributed by atoms with van der Waals surface area (Å²) in [6.45, 7) is 2.32. The lowest BCUT2D eigenvalue weighted by Gasteiger charge is -2.04. The van der Waals surface area contributed by atoms with Crippen molar-refractivity contribution in [2.75, 3.05) is 12.3 Å². The van der Waals surface area contributed by atoms with Crippen LogP contribution in [0.5, 0.6) is 0 Å². The van der Waals surface area contributed by atoms with Crippen molar-refractivity contribution >= 4 is 17.7 Å². The lowest BCUT2D eigenvalue weighted by Crippen LogP contribution is -2.22. The highest BCUT2D eigenvalue weighted by atomic mass is 16.3. The Morgan fingerprint density at radius 3 is 2.72 bits per heavy atom. The van der Waals surface area contributed by atoms with Crippen LogP contribution in [-0.4, -0.2) is 23.7 Å². The van der Waals surface area contributed by atoms with Gasteiger partial charge in [0.2, 0.25) is 5.91 Å². The van der Waals surface area contributed by atoms with Crippen LogP contribution in [0.15, 0.2) is 30.3 Å². The number of hydrogen-bond donors (Lipinski definition) is 3. The predicted octanol–water partition coefficient (Wildman–Crippen LogP) is 1.56. The number of hydrogen-bond acceptors (Lipinski definition) is 3. The van der Waals surface area contributed by atoms with Crippen LogP contribution in [-0.2, 0) is 4.79 Å². The lowest BCUT2D eigenvalue weighted by atomic mass is 10.2. The summed E-state index contributed by atoms with van der Waals surface area (Å²) in [7, 11) is 0. The van der Waals surface area contributed by atoms with Gasteiger partial charge in [0.25, 0.3) is 0 Å². The molecule has 0 aliphatic carbocycles. The van der Waals surface area contributed by atoms with E-state index in [0.29, 0.717) is 18.7 Å². The van der Waals surface area contributed by atoms with Gasteiger partial charge in [-0.1, -0.05) is 12.1 Å². The molecule has 1 amide bonds. The standard InChI is InChI=1S/C14H20N2O2/c1-11(17)3-2-10-16-14(18)9-6-12-4-7-13(15)8-5-12/h4-9,11,17H,2-3,10,15H2,1H3,(H,16,18)/b9-6+. The second kappa shape index (κ2) is 7.50. The lowest BCUT2D eigenvalue weighted by molar-refractivity contribution is -0.116. The number of rotatable bonds is 6. The minimum Gasteiger partial charge on any atom is -0.399 e. The zero-order chi connectivity index (χ0) is 13.4. The fourth-order valence-corrected chi connectivity index (χ4v) is 1.45. The van der Waals surface area contributed by atoms with Crippen LogP contribution < -0.4 is 11.1 Å². The number of benzene rings is 1. The largest absolute Gasteiger partial charge is 0.399 e. The van der Waals surface area contributed by atoms with E-state index in [1.165, 1.54) is 6.08 Å². The van der Waals surface area contributed by atoms with Gasteiger partial charge in [-0.05, 0) is 43.5 Å². The van der Waals surface area contributed by atoms with Gasteiger partial charge in [-0.3, -0.25) is 4.79 Å². The quantitative estimate of drug-likeness (QED) is 0.406. The van der Waals surface area contributed by atoms with Gasteiger partial charge >= 0.3 is 0 Å². The Bertz CT molecular complexity index is 397. The molecule has 0 aromatic heterocycles. The highest BCUT2D eigenvalue weighted by molar-refractivity contribution is 5.91. The molecule has 18 heavy (non-hydrogen) atoms. The van der Waals surface area contributed by atoms with E-state index in [-0.39, 0.29) is 12.0 Å². The summed E-state index contributed by atoms with van der Waals surface area (Å²) < 4.78 is 0. The first kappa shape index (κ1) is 14.3. The maximum Gasteiger partial charge on any atom is 0.243 e. The summed E-state index contributed by atoms with van der Waals surface area (Å²) >= 11 is 0. The Morgan fingerprint density at radius 2 is 2.11 bits per heavy atom. The van der Waals surface area contributed by atoms with E-state index in [4.69, 9.17) is 10.8 Å². The fraction of sp³-hybridized carbons (Fsp3) is 0.357. The summed E-state index contributed by atoms with van der Waals surface area (Å²) in [4.78, 5) is 11.4. The molecule has 0 aliphatic heterocycles. The molecule has 4 N–H and O–H groups in total. The van der Waals surface area contributed by atoms with E-state index in [9.17, 15) is 4.79 Å². The Hall–Kier alpha value is -1.81. The summed E-state index contributed by atoms with van der Waals surface area (Å²) in [5.41, 5.74) is 7.20. The first-order valence-electron chi connectivity index (χ1n) is 6.07. The first-order chi connectivity index (χ1) is 8.58. The number of amides is 1. The average Bonchev–Trinajstić information content (AvgIpc) is 2.34. The molecule has 4 heteroatoms. The maximum absolute atomic E-state index is 11.4. The van der Waals surface area contributed by atoms with Gasteiger partial charge in [-0.2, -0.15) is 0 Å². The second-order valence-corrected chi connectivity index (χ2v) is 4.28. The van der Waals surface area contributed by atoms with Gasteiger partial charge in [-0.15, -0.1) is 0 Å². The smallest absolute Gasteiger partial charge is 0.243 e. The number of aliphatic hydroxyl groups excluding tert-OH is 1. The van der Waals surface area contributed by atoms with Gasteiger partial charge in [0.05, 0.1) is 6.10 Å². The number of carbonyl (C=O) groups excluding carboxylic acids is 1. The number of carbonyl (C=O) groups is 1. The van der Waals surface area contributed by atoms with Crippen LogP contribution >= 0.6 is 0 Å². The van der Waals surface area contributed by atoms with E-state index in [0.717, 1.165) is 12.0 Å². The molecular formula is C14H20N2O2. The predicted molar refractivity (Wildman–Crippen MR) is 73.8 cm³/mol. The van der Waals surface area contributed by atoms with Crippen molar-refractivity contribution in [3.63, 3.8) is 0 Å². The van der Waals surface area contributed by atoms with E-state index in [2.05, 4.69) is 5.32 Å². The molecule has 0 heterocycles. The molecule has 1 aromatic carbocycles. The zero-order valence-electron chi connectivity index (χ0n) is 10.6. The minimum atomic E-state index is -0.313. The highest BCUT2D eigenvalue weighted by Gasteiger charge is 1.97. The van der Waals surface area contributed by atoms with Gasteiger partial charge in [0.1, 0.15) is 0 Å². The summed E-state index contributed by atoms with van der Waals surface area (Å²) in [6, 6.07) is 7.29. The fourth-order valence-electron chi connectivity index (χ4n) is 1.45. The molecule has 0 radical (unpaired) electrons. The molecule has 0 fully saturated rings. The number of nitrogen functional groups attached to an aromatic ring is 1. The molecule has 0 spiro atoms. The Kier molecular flexibility index (Phi) is 5.94. The van der Waals surface area contributed by atoms with Crippen LogP contribution in [0.1, 0.15) is 25.3 Å². The topological polar surface area (TPSA) is 75.3 Å². The van der Waals surface area contributed by atoms with Crippen molar-refractivity contribution in [2.45, 2.75) is 25.9 Å². The van der Waals surface area contributed by atoms with Crippen molar-refractivity contribution < 1.29 is 9.90 Å². The van der Waals surface area contributed by atoms with Crippen LogP contribution in [0.2, 0.25) is 0 Å². The normalized spacial score (nSPS) is 12.6. The molecule has 98 valence electrons. The molecule has 0 saturated carbocycles. The van der Waals surface area contributed by atoms with Crippen molar-refractivity contribution in [3.8, 4) is 0 Å². The third-order valence-corrected chi connectivity index (χ3v) is 2.46. The summed E-state index contributed by atoms with van der Waals surface area (Å²) in [6.07, 6.45) is 4.39. The van der Waals surface area contributed by atoms with Crippen molar-refractivity contribution in [1.29, 1.82) is 0 Å². The Morgan fingerprint density at radius 1 is 1.44 bits per heavy atom. The number of nitrogens with two attached hydrogens (primary N) is 1. The van der Waals surface area contributed by atoms with E-state index >= 15 is 0 Å². The monoisotopic (exact) mass is 248 g/mol. The Labute approximate surface area is 108 Å². The van der Waals surface area contributed by atoms with E-state index < -0.39 is 0 Å². The van der Waals surface area contributed by atoms with Gasteiger partial charge in [0, 0.05) is 18.3 Å². The maximum atomic E-state index is 11.4. The second-order valence-electron chi connectivity index (χ2n) is 4.28. The van der Waals surface area contributed by atoms with Crippen LogP contribution in [0.25, 0.3) is 6.08 Å². The van der Waals surface area contributed by atoms with Crippen molar-refractivity contribution in [1.82, 2.24) is 5.32 Å². The van der Waals surface area contributed by atoms with Crippen molar-refractivity contribution in [2.24, 2.45) is 0 Å². The highest BCUT2D eigenvalue weighted by Crippen LogP contribution is 2.06. The summed E-state index contributed by atoms with van der Waals surface area (Å²) in [5, 5.41) is 11.8. The molecular weight excluding hydrogens is 228 g/mol. The SMILES string of the molecule is CC(O)CCCNC(=O)/C=C/c1ccc(N)cc1. The van der Waals surface area contributed by atoms with E-state index in [1.807, 2.05) is 12.1 Å². The van der Waals surface area contributed by atoms with Crippen LogP contribution in [0, 0.1) is 0 Å². The number of aliphatic hydroxyl groups is 1.